The normalized spacial score (nSPS) is 15.6. The number of hydrogen-bond donors (Lipinski definition) is 0. The van der Waals surface area contributed by atoms with E-state index in [1.807, 2.05) is 48.3 Å². The van der Waals surface area contributed by atoms with Crippen LogP contribution in [0.4, 0.5) is 0 Å². The fraction of sp³-hybridized carbons (Fsp3) is 0.400. The number of hydrogen-bond acceptors (Lipinski definition) is 4. The van der Waals surface area contributed by atoms with Crippen molar-refractivity contribution < 1.29 is 13.7 Å². The molecule has 5 rings (SSSR count). The third kappa shape index (κ3) is 6.16. The lowest BCUT2D eigenvalue weighted by Gasteiger charge is -2.30. The van der Waals surface area contributed by atoms with Crippen LogP contribution in [0.15, 0.2) is 67.4 Å². The lowest BCUT2D eigenvalue weighted by molar-refractivity contribution is 0.0745. The van der Waals surface area contributed by atoms with Crippen molar-refractivity contribution in [3.63, 3.8) is 0 Å². The highest BCUT2D eigenvalue weighted by Gasteiger charge is 2.23. The minimum Gasteiger partial charge on any atom is -0.383 e. The molecule has 1 unspecified atom stereocenters. The molecule has 206 valence electrons. The molecule has 1 aliphatic rings. The number of imidazole rings is 1. The number of carbonyl (C=O) groups is 1. The van der Waals surface area contributed by atoms with Gasteiger partial charge < -0.3 is 18.8 Å². The largest absolute Gasteiger partial charge is 0.383 e. The fourth-order valence-corrected chi connectivity index (χ4v) is 6.16. The van der Waals surface area contributed by atoms with Crippen molar-refractivity contribution in [3.05, 3.63) is 78.6 Å². The van der Waals surface area contributed by atoms with Crippen LogP contribution in [-0.2, 0) is 28.8 Å². The average Bonchev–Trinajstić information content (AvgIpc) is 3.58. The molecule has 8 nitrogen and oxygen atoms in total. The Kier molecular flexibility index (Phi) is 8.60. The first-order valence-corrected chi connectivity index (χ1v) is 15.0. The van der Waals surface area contributed by atoms with Crippen LogP contribution in [0, 0.1) is 5.92 Å². The van der Waals surface area contributed by atoms with E-state index in [2.05, 4.69) is 44.6 Å². The number of likely N-dealkylation sites (N-methyl/N-ethyl adjacent to an activating group) is 1. The van der Waals surface area contributed by atoms with E-state index >= 15 is 0 Å². The van der Waals surface area contributed by atoms with Crippen LogP contribution in [0.2, 0.25) is 0 Å². The average molecular weight is 548 g/mol. The van der Waals surface area contributed by atoms with Crippen LogP contribution in [0.1, 0.15) is 28.9 Å². The van der Waals surface area contributed by atoms with Gasteiger partial charge in [0.15, 0.2) is 0 Å². The molecule has 0 radical (unpaired) electrons. The highest BCUT2D eigenvalue weighted by atomic mass is 32.2. The van der Waals surface area contributed by atoms with Gasteiger partial charge in [0.2, 0.25) is 0 Å². The predicted molar refractivity (Wildman–Crippen MR) is 156 cm³/mol. The number of nitrogens with zero attached hydrogens (tertiary/aromatic N) is 5. The molecule has 0 N–H and O–H groups in total. The molecular weight excluding hydrogens is 510 g/mol. The SMILES string of the molecule is COCCN(C)C(=O)c1cn(Cc2cncn2CC2CCN(S(C)=O)CC2)cc1-c1cccc2ccccc12. The summed E-state index contributed by atoms with van der Waals surface area (Å²) in [5.41, 5.74) is 3.75. The maximum Gasteiger partial charge on any atom is 0.255 e. The minimum atomic E-state index is -0.898. The van der Waals surface area contributed by atoms with Crippen molar-refractivity contribution in [2.24, 2.45) is 5.92 Å². The first kappa shape index (κ1) is 27.3. The van der Waals surface area contributed by atoms with E-state index in [-0.39, 0.29) is 5.91 Å². The van der Waals surface area contributed by atoms with E-state index in [9.17, 15) is 9.00 Å². The van der Waals surface area contributed by atoms with Crippen molar-refractivity contribution in [3.8, 4) is 11.1 Å². The molecule has 1 aliphatic heterocycles. The summed E-state index contributed by atoms with van der Waals surface area (Å²) >= 11 is 0. The number of carbonyl (C=O) groups excluding carboxylic acids is 1. The monoisotopic (exact) mass is 547 g/mol. The van der Waals surface area contributed by atoms with Crippen LogP contribution >= 0.6 is 0 Å². The second-order valence-electron chi connectivity index (χ2n) is 10.3. The van der Waals surface area contributed by atoms with Crippen molar-refractivity contribution in [1.82, 2.24) is 23.3 Å². The molecule has 0 saturated carbocycles. The Morgan fingerprint density at radius 3 is 2.64 bits per heavy atom. The summed E-state index contributed by atoms with van der Waals surface area (Å²) in [4.78, 5) is 19.8. The minimum absolute atomic E-state index is 0.0256. The second-order valence-corrected chi connectivity index (χ2v) is 11.7. The lowest BCUT2D eigenvalue weighted by atomic mass is 9.97. The summed E-state index contributed by atoms with van der Waals surface area (Å²) < 4.78 is 23.4. The van der Waals surface area contributed by atoms with Crippen LogP contribution in [0.25, 0.3) is 21.9 Å². The Morgan fingerprint density at radius 1 is 1.10 bits per heavy atom. The number of piperidine rings is 1. The number of ether oxygens (including phenoxy) is 1. The van der Waals surface area contributed by atoms with Gasteiger partial charge in [-0.1, -0.05) is 42.5 Å². The number of fused-ring (bicyclic) bond motifs is 1. The summed E-state index contributed by atoms with van der Waals surface area (Å²) in [6.07, 6.45) is 11.7. The summed E-state index contributed by atoms with van der Waals surface area (Å²) in [6, 6.07) is 14.5. The quantitative estimate of drug-likeness (QED) is 0.297. The van der Waals surface area contributed by atoms with E-state index in [0.29, 0.717) is 31.2 Å². The number of benzene rings is 2. The third-order valence-corrected chi connectivity index (χ3v) is 8.80. The Bertz CT molecular complexity index is 1450. The molecule has 0 aliphatic carbocycles. The summed E-state index contributed by atoms with van der Waals surface area (Å²) in [5.74, 6) is 0.502. The zero-order valence-electron chi connectivity index (χ0n) is 23.0. The van der Waals surface area contributed by atoms with Crippen LogP contribution < -0.4 is 0 Å². The van der Waals surface area contributed by atoms with Gasteiger partial charge in [0, 0.05) is 70.7 Å². The number of aromatic nitrogens is 3. The van der Waals surface area contributed by atoms with E-state index in [4.69, 9.17) is 4.74 Å². The van der Waals surface area contributed by atoms with Gasteiger partial charge in [-0.05, 0) is 35.1 Å². The van der Waals surface area contributed by atoms with Gasteiger partial charge in [-0.15, -0.1) is 0 Å². The van der Waals surface area contributed by atoms with Gasteiger partial charge >= 0.3 is 0 Å². The van der Waals surface area contributed by atoms with E-state index in [1.54, 1.807) is 18.3 Å². The smallest absolute Gasteiger partial charge is 0.255 e. The fourth-order valence-electron chi connectivity index (χ4n) is 5.44. The van der Waals surface area contributed by atoms with E-state index < -0.39 is 11.0 Å². The standard InChI is InChI=1S/C30H37N5O3S/c1-32(15-16-38-2)30(36)29-21-33(20-28(29)27-10-6-8-24-7-4-5-9-26(24)27)19-25-17-31-22-34(25)18-23-11-13-35(14-12-23)39(3)37/h4-10,17,20-23H,11-16,18-19H2,1-3H3. The highest BCUT2D eigenvalue weighted by molar-refractivity contribution is 7.81. The Labute approximate surface area is 232 Å². The topological polar surface area (TPSA) is 72.6 Å². The van der Waals surface area contributed by atoms with E-state index in [1.165, 1.54) is 0 Å². The Balaban J connectivity index is 1.43. The van der Waals surface area contributed by atoms with Gasteiger partial charge in [-0.2, -0.15) is 0 Å². The molecule has 4 aromatic rings. The van der Waals surface area contributed by atoms with Gasteiger partial charge in [-0.3, -0.25) is 4.79 Å². The molecule has 39 heavy (non-hydrogen) atoms. The van der Waals surface area contributed by atoms with E-state index in [0.717, 1.165) is 60.1 Å². The molecule has 9 heteroatoms. The van der Waals surface area contributed by atoms with Crippen molar-refractivity contribution >= 4 is 27.7 Å². The summed E-state index contributed by atoms with van der Waals surface area (Å²) in [6.45, 7) is 4.25. The van der Waals surface area contributed by atoms with Gasteiger partial charge in [0.1, 0.15) is 0 Å². The summed E-state index contributed by atoms with van der Waals surface area (Å²) in [5, 5.41) is 2.26. The molecule has 1 saturated heterocycles. The van der Waals surface area contributed by atoms with Gasteiger partial charge in [0.05, 0.1) is 41.7 Å². The Morgan fingerprint density at radius 2 is 1.87 bits per heavy atom. The van der Waals surface area contributed by atoms with Crippen LogP contribution in [-0.4, -0.2) is 80.1 Å². The molecule has 2 aromatic carbocycles. The van der Waals surface area contributed by atoms with Crippen molar-refractivity contribution in [2.45, 2.75) is 25.9 Å². The molecule has 1 atom stereocenters. The second kappa shape index (κ2) is 12.3. The molecule has 2 aromatic heterocycles. The predicted octanol–water partition coefficient (Wildman–Crippen LogP) is 4.28. The lowest BCUT2D eigenvalue weighted by Crippen LogP contribution is -2.35. The molecule has 0 spiro atoms. The molecule has 1 amide bonds. The van der Waals surface area contributed by atoms with Crippen molar-refractivity contribution in [2.75, 3.05) is 46.7 Å². The first-order valence-electron chi connectivity index (χ1n) is 13.4. The van der Waals surface area contributed by atoms with Crippen molar-refractivity contribution in [1.29, 1.82) is 0 Å². The molecule has 1 fully saturated rings. The molecule has 3 heterocycles. The highest BCUT2D eigenvalue weighted by Crippen LogP contribution is 2.33. The summed E-state index contributed by atoms with van der Waals surface area (Å²) in [7, 11) is 2.57. The molecule has 0 bridgehead atoms. The number of rotatable bonds is 10. The zero-order chi connectivity index (χ0) is 27.4. The van der Waals surface area contributed by atoms with Gasteiger partial charge in [-0.25, -0.2) is 13.5 Å². The number of amides is 1. The first-order chi connectivity index (χ1) is 18.9. The Hall–Kier alpha value is -3.27. The zero-order valence-corrected chi connectivity index (χ0v) is 23.8. The maximum atomic E-state index is 13.6. The van der Waals surface area contributed by atoms with Gasteiger partial charge in [0.25, 0.3) is 5.91 Å². The molecular formula is C30H37N5O3S. The number of methoxy groups -OCH3 is 1. The van der Waals surface area contributed by atoms with Crippen LogP contribution in [0.3, 0.4) is 0 Å². The maximum absolute atomic E-state index is 13.6. The third-order valence-electron chi connectivity index (χ3n) is 7.70. The van der Waals surface area contributed by atoms with Crippen LogP contribution in [0.5, 0.6) is 0 Å².